The Morgan fingerprint density at radius 1 is 1.05 bits per heavy atom. The number of rotatable bonds is 5. The van der Waals surface area contributed by atoms with Crippen LogP contribution in [-0.4, -0.2) is 11.6 Å². The van der Waals surface area contributed by atoms with Gasteiger partial charge in [-0.3, -0.25) is 0 Å². The normalized spacial score (nSPS) is 10.5. The highest BCUT2D eigenvalue weighted by Crippen LogP contribution is 2.23. The summed E-state index contributed by atoms with van der Waals surface area (Å²) in [6.45, 7) is 0.633. The monoisotopic (exact) mass is 296 g/mol. The maximum Gasteiger partial charge on any atom is 0.119 e. The Kier molecular flexibility index (Phi) is 4.17. The lowest BCUT2D eigenvalue weighted by molar-refractivity contribution is 0.322. The highest BCUT2D eigenvalue weighted by atomic mass is 32.1. The smallest absolute Gasteiger partial charge is 0.119 e. The van der Waals surface area contributed by atoms with Crippen molar-refractivity contribution in [3.8, 4) is 17.0 Å². The molecular formula is C17H16N2OS. The van der Waals surface area contributed by atoms with E-state index < -0.39 is 0 Å². The van der Waals surface area contributed by atoms with Crippen molar-refractivity contribution >= 4 is 17.0 Å². The molecule has 0 saturated carbocycles. The van der Waals surface area contributed by atoms with Gasteiger partial charge in [0.1, 0.15) is 5.75 Å². The second kappa shape index (κ2) is 6.41. The number of ether oxygens (including phenoxy) is 1. The third-order valence-corrected chi connectivity index (χ3v) is 3.97. The molecule has 3 nitrogen and oxygen atoms in total. The summed E-state index contributed by atoms with van der Waals surface area (Å²) in [7, 11) is 0. The van der Waals surface area contributed by atoms with Gasteiger partial charge in [-0.15, -0.1) is 11.3 Å². The van der Waals surface area contributed by atoms with Gasteiger partial charge in [0.15, 0.2) is 0 Å². The van der Waals surface area contributed by atoms with Gasteiger partial charge in [-0.2, -0.15) is 0 Å². The fraction of sp³-hybridized carbons (Fsp3) is 0.118. The van der Waals surface area contributed by atoms with Crippen molar-refractivity contribution in [2.24, 2.45) is 0 Å². The molecule has 0 saturated heterocycles. The van der Waals surface area contributed by atoms with E-state index in [0.717, 1.165) is 34.1 Å². The lowest BCUT2D eigenvalue weighted by atomic mass is 10.1. The maximum atomic E-state index is 5.80. The zero-order valence-corrected chi connectivity index (χ0v) is 12.3. The highest BCUT2D eigenvalue weighted by molar-refractivity contribution is 7.09. The molecular weight excluding hydrogens is 280 g/mol. The van der Waals surface area contributed by atoms with Gasteiger partial charge < -0.3 is 10.5 Å². The second-order valence-corrected chi connectivity index (χ2v) is 5.61. The molecule has 3 rings (SSSR count). The molecule has 2 aromatic carbocycles. The zero-order valence-electron chi connectivity index (χ0n) is 11.5. The van der Waals surface area contributed by atoms with Crippen molar-refractivity contribution in [3.63, 3.8) is 0 Å². The number of aromatic nitrogens is 1. The zero-order chi connectivity index (χ0) is 14.5. The van der Waals surface area contributed by atoms with E-state index in [1.807, 2.05) is 54.6 Å². The minimum Gasteiger partial charge on any atom is -0.493 e. The summed E-state index contributed by atoms with van der Waals surface area (Å²) in [5.74, 6) is 0.894. The molecule has 2 N–H and O–H groups in total. The quantitative estimate of drug-likeness (QED) is 0.724. The number of thiazole rings is 1. The summed E-state index contributed by atoms with van der Waals surface area (Å²) in [6.07, 6.45) is 0.807. The summed E-state index contributed by atoms with van der Waals surface area (Å²) in [6, 6.07) is 17.6. The van der Waals surface area contributed by atoms with Crippen LogP contribution in [0.2, 0.25) is 0 Å². The van der Waals surface area contributed by atoms with E-state index in [0.29, 0.717) is 6.61 Å². The number of nitrogens with two attached hydrogens (primary N) is 1. The molecule has 0 radical (unpaired) electrons. The van der Waals surface area contributed by atoms with Crippen LogP contribution in [0.4, 0.5) is 5.69 Å². The van der Waals surface area contributed by atoms with Gasteiger partial charge in [-0.25, -0.2) is 4.98 Å². The van der Waals surface area contributed by atoms with Crippen molar-refractivity contribution < 1.29 is 4.74 Å². The van der Waals surface area contributed by atoms with E-state index in [4.69, 9.17) is 10.5 Å². The van der Waals surface area contributed by atoms with Gasteiger partial charge in [0.25, 0.3) is 0 Å². The number of nitrogens with zero attached hydrogens (tertiary/aromatic N) is 1. The predicted molar refractivity (Wildman–Crippen MR) is 87.6 cm³/mol. The molecule has 0 atom stereocenters. The summed E-state index contributed by atoms with van der Waals surface area (Å²) in [4.78, 5) is 4.64. The van der Waals surface area contributed by atoms with Crippen LogP contribution in [0.1, 0.15) is 5.01 Å². The summed E-state index contributed by atoms with van der Waals surface area (Å²) in [5, 5.41) is 3.13. The fourth-order valence-corrected chi connectivity index (χ4v) is 2.82. The van der Waals surface area contributed by atoms with Crippen LogP contribution in [0.25, 0.3) is 11.3 Å². The minimum atomic E-state index is 0.633. The molecule has 3 aromatic rings. The third-order valence-electron chi connectivity index (χ3n) is 3.06. The predicted octanol–water partition coefficient (Wildman–Crippen LogP) is 4.01. The molecule has 0 bridgehead atoms. The Labute approximate surface area is 128 Å². The Bertz CT molecular complexity index is 710. The lowest BCUT2D eigenvalue weighted by Gasteiger charge is -2.03. The van der Waals surface area contributed by atoms with Gasteiger partial charge in [0, 0.05) is 23.1 Å². The molecule has 4 heteroatoms. The first kappa shape index (κ1) is 13.6. The molecule has 1 heterocycles. The van der Waals surface area contributed by atoms with Crippen LogP contribution in [0.15, 0.2) is 60.0 Å². The SMILES string of the molecule is Nc1cccc(-c2csc(CCOc3ccccc3)n2)c1. The molecule has 106 valence electrons. The van der Waals surface area contributed by atoms with E-state index in [1.165, 1.54) is 0 Å². The number of anilines is 1. The van der Waals surface area contributed by atoms with E-state index in [2.05, 4.69) is 10.4 Å². The van der Waals surface area contributed by atoms with Crippen LogP contribution in [0.3, 0.4) is 0 Å². The van der Waals surface area contributed by atoms with E-state index >= 15 is 0 Å². The van der Waals surface area contributed by atoms with Crippen LogP contribution in [0.5, 0.6) is 5.75 Å². The molecule has 1 aromatic heterocycles. The minimum absolute atomic E-state index is 0.633. The molecule has 0 amide bonds. The summed E-state index contributed by atoms with van der Waals surface area (Å²) < 4.78 is 5.69. The van der Waals surface area contributed by atoms with Crippen LogP contribution >= 0.6 is 11.3 Å². The maximum absolute atomic E-state index is 5.80. The Hall–Kier alpha value is -2.33. The summed E-state index contributed by atoms with van der Waals surface area (Å²) in [5.41, 5.74) is 8.59. The largest absolute Gasteiger partial charge is 0.493 e. The number of para-hydroxylation sites is 1. The molecule has 0 aliphatic rings. The highest BCUT2D eigenvalue weighted by Gasteiger charge is 2.05. The number of nitrogen functional groups attached to an aromatic ring is 1. The van der Waals surface area contributed by atoms with Crippen LogP contribution < -0.4 is 10.5 Å². The van der Waals surface area contributed by atoms with Crippen LogP contribution in [0, 0.1) is 0 Å². The summed E-state index contributed by atoms with van der Waals surface area (Å²) >= 11 is 1.65. The molecule has 21 heavy (non-hydrogen) atoms. The van der Waals surface area contributed by atoms with E-state index in [-0.39, 0.29) is 0 Å². The first-order valence-electron chi connectivity index (χ1n) is 6.79. The Morgan fingerprint density at radius 3 is 2.71 bits per heavy atom. The van der Waals surface area contributed by atoms with Crippen molar-refractivity contribution in [2.75, 3.05) is 12.3 Å². The Morgan fingerprint density at radius 2 is 1.90 bits per heavy atom. The Balaban J connectivity index is 1.60. The van der Waals surface area contributed by atoms with Crippen molar-refractivity contribution in [2.45, 2.75) is 6.42 Å². The van der Waals surface area contributed by atoms with Crippen molar-refractivity contribution in [1.82, 2.24) is 4.98 Å². The van der Waals surface area contributed by atoms with Gasteiger partial charge >= 0.3 is 0 Å². The fourth-order valence-electron chi connectivity index (χ4n) is 2.03. The molecule has 0 aliphatic carbocycles. The van der Waals surface area contributed by atoms with Gasteiger partial charge in [-0.1, -0.05) is 30.3 Å². The van der Waals surface area contributed by atoms with Crippen molar-refractivity contribution in [1.29, 1.82) is 0 Å². The molecule has 0 spiro atoms. The average molecular weight is 296 g/mol. The standard InChI is InChI=1S/C17H16N2OS/c18-14-6-4-5-13(11-14)16-12-21-17(19-16)9-10-20-15-7-2-1-3-8-15/h1-8,11-12H,9-10,18H2. The van der Waals surface area contributed by atoms with Crippen molar-refractivity contribution in [3.05, 3.63) is 65.0 Å². The van der Waals surface area contributed by atoms with E-state index in [1.54, 1.807) is 11.3 Å². The average Bonchev–Trinajstić information content (AvgIpc) is 2.97. The lowest BCUT2D eigenvalue weighted by Crippen LogP contribution is -2.00. The van der Waals surface area contributed by atoms with Gasteiger partial charge in [-0.05, 0) is 24.3 Å². The molecule has 0 unspecified atom stereocenters. The first-order chi connectivity index (χ1) is 10.3. The first-order valence-corrected chi connectivity index (χ1v) is 7.67. The molecule has 0 fully saturated rings. The number of hydrogen-bond donors (Lipinski definition) is 1. The molecule has 0 aliphatic heterocycles. The topological polar surface area (TPSA) is 48.1 Å². The van der Waals surface area contributed by atoms with Gasteiger partial charge in [0.05, 0.1) is 17.3 Å². The van der Waals surface area contributed by atoms with Gasteiger partial charge in [0.2, 0.25) is 0 Å². The van der Waals surface area contributed by atoms with E-state index in [9.17, 15) is 0 Å². The van der Waals surface area contributed by atoms with Crippen LogP contribution in [-0.2, 0) is 6.42 Å². The number of hydrogen-bond acceptors (Lipinski definition) is 4. The second-order valence-electron chi connectivity index (χ2n) is 4.66. The third kappa shape index (κ3) is 3.61. The number of benzene rings is 2.